The van der Waals surface area contributed by atoms with E-state index in [0.29, 0.717) is 0 Å². The van der Waals surface area contributed by atoms with Crippen LogP contribution in [0.3, 0.4) is 0 Å². The fourth-order valence-electron chi connectivity index (χ4n) is 2.32. The van der Waals surface area contributed by atoms with Crippen molar-refractivity contribution in [3.63, 3.8) is 0 Å². The zero-order valence-corrected chi connectivity index (χ0v) is 12.8. The van der Waals surface area contributed by atoms with Crippen molar-refractivity contribution in [1.82, 2.24) is 14.8 Å². The monoisotopic (exact) mass is 292 g/mol. The van der Waals surface area contributed by atoms with Crippen molar-refractivity contribution in [1.29, 1.82) is 0 Å². The van der Waals surface area contributed by atoms with E-state index in [2.05, 4.69) is 17.0 Å². The number of rotatable bonds is 6. The first-order valence-electron chi connectivity index (χ1n) is 6.98. The minimum absolute atomic E-state index is 0.0852. The molecule has 0 spiro atoms. The number of nitrogens with two attached hydrogens (primary N) is 1. The zero-order chi connectivity index (χ0) is 14.5. The molecular formula is C15H21ClN4. The number of nitrogens with zero attached hydrogens (tertiary/aromatic N) is 3. The van der Waals surface area contributed by atoms with Crippen molar-refractivity contribution < 1.29 is 0 Å². The SMILES string of the molecule is CCn1nc(C)c(Cl)c1CC(N)CCc1ccncc1. The second-order valence-corrected chi connectivity index (χ2v) is 5.40. The molecule has 5 heteroatoms. The zero-order valence-electron chi connectivity index (χ0n) is 12.0. The largest absolute Gasteiger partial charge is 0.327 e. The van der Waals surface area contributed by atoms with Crippen molar-refractivity contribution in [2.75, 3.05) is 0 Å². The van der Waals surface area contributed by atoms with Crippen LogP contribution in [0, 0.1) is 6.92 Å². The van der Waals surface area contributed by atoms with Crippen LogP contribution in [0.2, 0.25) is 5.02 Å². The molecule has 0 aliphatic heterocycles. The Bertz CT molecular complexity index is 551. The maximum Gasteiger partial charge on any atom is 0.0847 e. The van der Waals surface area contributed by atoms with Gasteiger partial charge in [-0.15, -0.1) is 0 Å². The van der Waals surface area contributed by atoms with Crippen LogP contribution >= 0.6 is 11.6 Å². The minimum Gasteiger partial charge on any atom is -0.327 e. The van der Waals surface area contributed by atoms with E-state index in [1.54, 1.807) is 0 Å². The van der Waals surface area contributed by atoms with Crippen molar-refractivity contribution in [2.24, 2.45) is 5.73 Å². The summed E-state index contributed by atoms with van der Waals surface area (Å²) in [7, 11) is 0. The highest BCUT2D eigenvalue weighted by atomic mass is 35.5. The van der Waals surface area contributed by atoms with Gasteiger partial charge in [-0.1, -0.05) is 11.6 Å². The van der Waals surface area contributed by atoms with E-state index < -0.39 is 0 Å². The van der Waals surface area contributed by atoms with Crippen LogP contribution in [0.25, 0.3) is 0 Å². The predicted molar refractivity (Wildman–Crippen MR) is 81.9 cm³/mol. The van der Waals surface area contributed by atoms with Crippen molar-refractivity contribution in [3.05, 3.63) is 46.5 Å². The smallest absolute Gasteiger partial charge is 0.0847 e. The lowest BCUT2D eigenvalue weighted by atomic mass is 10.0. The first kappa shape index (κ1) is 15.0. The van der Waals surface area contributed by atoms with Gasteiger partial charge in [-0.2, -0.15) is 5.10 Å². The predicted octanol–water partition coefficient (Wildman–Crippen LogP) is 2.76. The van der Waals surface area contributed by atoms with Crippen LogP contribution in [-0.4, -0.2) is 20.8 Å². The number of pyridine rings is 1. The van der Waals surface area contributed by atoms with Crippen LogP contribution in [0.1, 0.15) is 30.3 Å². The fourth-order valence-corrected chi connectivity index (χ4v) is 2.53. The standard InChI is InChI=1S/C15H21ClN4/c1-3-20-14(15(16)11(2)19-20)10-13(17)5-4-12-6-8-18-9-7-12/h6-9,13H,3-5,10,17H2,1-2H3. The average Bonchev–Trinajstić information content (AvgIpc) is 2.74. The summed E-state index contributed by atoms with van der Waals surface area (Å²) in [5.41, 5.74) is 9.43. The van der Waals surface area contributed by atoms with Gasteiger partial charge in [-0.05, 0) is 44.4 Å². The molecule has 2 rings (SSSR count). The molecule has 2 aromatic heterocycles. The molecule has 2 N–H and O–H groups in total. The fraction of sp³-hybridized carbons (Fsp3) is 0.467. The van der Waals surface area contributed by atoms with Crippen LogP contribution in [0.5, 0.6) is 0 Å². The summed E-state index contributed by atoms with van der Waals surface area (Å²) in [6, 6.07) is 4.14. The molecule has 0 aromatic carbocycles. The quantitative estimate of drug-likeness (QED) is 0.891. The van der Waals surface area contributed by atoms with Crippen LogP contribution in [-0.2, 0) is 19.4 Å². The van der Waals surface area contributed by atoms with E-state index in [-0.39, 0.29) is 6.04 Å². The molecule has 0 amide bonds. The topological polar surface area (TPSA) is 56.7 Å². The van der Waals surface area contributed by atoms with Gasteiger partial charge >= 0.3 is 0 Å². The molecule has 4 nitrogen and oxygen atoms in total. The molecule has 20 heavy (non-hydrogen) atoms. The molecule has 0 aliphatic rings. The summed E-state index contributed by atoms with van der Waals surface area (Å²) in [6.07, 6.45) is 6.27. The molecule has 108 valence electrons. The first-order chi connectivity index (χ1) is 9.61. The molecule has 2 heterocycles. The van der Waals surface area contributed by atoms with Crippen LogP contribution < -0.4 is 5.73 Å². The molecule has 1 unspecified atom stereocenters. The Labute approximate surface area is 125 Å². The molecule has 0 aliphatic carbocycles. The number of aromatic nitrogens is 3. The lowest BCUT2D eigenvalue weighted by Crippen LogP contribution is -2.25. The summed E-state index contributed by atoms with van der Waals surface area (Å²) >= 11 is 6.31. The summed E-state index contributed by atoms with van der Waals surface area (Å²) in [6.45, 7) is 4.81. The number of aryl methyl sites for hydroxylation is 3. The number of halogens is 1. The van der Waals surface area contributed by atoms with Gasteiger partial charge in [0.15, 0.2) is 0 Å². The third-order valence-electron chi connectivity index (χ3n) is 3.46. The van der Waals surface area contributed by atoms with Gasteiger partial charge in [0.2, 0.25) is 0 Å². The average molecular weight is 293 g/mol. The highest BCUT2D eigenvalue weighted by molar-refractivity contribution is 6.31. The van der Waals surface area contributed by atoms with Crippen LogP contribution in [0.4, 0.5) is 0 Å². The lowest BCUT2D eigenvalue weighted by Gasteiger charge is -2.13. The Morgan fingerprint density at radius 1 is 1.35 bits per heavy atom. The van der Waals surface area contributed by atoms with Gasteiger partial charge in [-0.25, -0.2) is 0 Å². The Hall–Kier alpha value is -1.39. The third-order valence-corrected chi connectivity index (χ3v) is 3.95. The molecule has 2 aromatic rings. The third kappa shape index (κ3) is 3.58. The van der Waals surface area contributed by atoms with Gasteiger partial charge < -0.3 is 5.73 Å². The maximum absolute atomic E-state index is 6.31. The van der Waals surface area contributed by atoms with Crippen molar-refractivity contribution in [2.45, 2.75) is 45.7 Å². The van der Waals surface area contributed by atoms with Gasteiger partial charge in [-0.3, -0.25) is 9.67 Å². The Morgan fingerprint density at radius 2 is 2.05 bits per heavy atom. The molecule has 0 bridgehead atoms. The van der Waals surface area contributed by atoms with E-state index >= 15 is 0 Å². The molecule has 0 saturated carbocycles. The van der Waals surface area contributed by atoms with Crippen molar-refractivity contribution in [3.8, 4) is 0 Å². The normalized spacial score (nSPS) is 12.6. The highest BCUT2D eigenvalue weighted by Crippen LogP contribution is 2.22. The molecular weight excluding hydrogens is 272 g/mol. The summed E-state index contributed by atoms with van der Waals surface area (Å²) in [5.74, 6) is 0. The van der Waals surface area contributed by atoms with Gasteiger partial charge in [0.05, 0.1) is 16.4 Å². The first-order valence-corrected chi connectivity index (χ1v) is 7.35. The minimum atomic E-state index is 0.0852. The van der Waals surface area contributed by atoms with E-state index in [9.17, 15) is 0 Å². The highest BCUT2D eigenvalue weighted by Gasteiger charge is 2.15. The second kappa shape index (κ2) is 6.86. The Kier molecular flexibility index (Phi) is 5.15. The Balaban J connectivity index is 1.96. The summed E-state index contributed by atoms with van der Waals surface area (Å²) in [5, 5.41) is 5.18. The van der Waals surface area contributed by atoms with Gasteiger partial charge in [0.1, 0.15) is 0 Å². The molecule has 0 saturated heterocycles. The van der Waals surface area contributed by atoms with Crippen molar-refractivity contribution >= 4 is 11.6 Å². The Morgan fingerprint density at radius 3 is 2.70 bits per heavy atom. The summed E-state index contributed by atoms with van der Waals surface area (Å²) in [4.78, 5) is 4.02. The van der Waals surface area contributed by atoms with E-state index in [1.807, 2.05) is 36.1 Å². The molecule has 0 radical (unpaired) electrons. The molecule has 1 atom stereocenters. The number of hydrogen-bond donors (Lipinski definition) is 1. The van der Waals surface area contributed by atoms with Crippen LogP contribution in [0.15, 0.2) is 24.5 Å². The number of hydrogen-bond acceptors (Lipinski definition) is 3. The lowest BCUT2D eigenvalue weighted by molar-refractivity contribution is 0.554. The van der Waals surface area contributed by atoms with Gasteiger partial charge in [0.25, 0.3) is 0 Å². The van der Waals surface area contributed by atoms with E-state index in [1.165, 1.54) is 5.56 Å². The molecule has 0 fully saturated rings. The maximum atomic E-state index is 6.31. The van der Waals surface area contributed by atoms with E-state index in [4.69, 9.17) is 17.3 Å². The second-order valence-electron chi connectivity index (χ2n) is 5.02. The van der Waals surface area contributed by atoms with Gasteiger partial charge in [0, 0.05) is 31.4 Å². The van der Waals surface area contributed by atoms with E-state index in [0.717, 1.165) is 42.2 Å². The summed E-state index contributed by atoms with van der Waals surface area (Å²) < 4.78 is 1.95.